The van der Waals surface area contributed by atoms with Crippen LogP contribution in [0.5, 0.6) is 0 Å². The molecule has 0 amide bonds. The minimum Gasteiger partial charge on any atom is -0.286 e. The summed E-state index contributed by atoms with van der Waals surface area (Å²) in [5, 5.41) is 0. The van der Waals surface area contributed by atoms with E-state index < -0.39 is 7.04 Å². The molecule has 0 heterocycles. The first-order valence-electron chi connectivity index (χ1n) is 2.63. The van der Waals surface area contributed by atoms with Crippen molar-refractivity contribution in [3.63, 3.8) is 0 Å². The van der Waals surface area contributed by atoms with Gasteiger partial charge in [-0.25, -0.2) is 0 Å². The molecule has 0 aromatic heterocycles. The van der Waals surface area contributed by atoms with E-state index in [1.54, 1.807) is 0 Å². The van der Waals surface area contributed by atoms with Gasteiger partial charge in [-0.2, -0.15) is 0 Å². The fourth-order valence-electron chi connectivity index (χ4n) is 0.541. The summed E-state index contributed by atoms with van der Waals surface area (Å²) < 4.78 is 4.51. The van der Waals surface area contributed by atoms with Crippen molar-refractivity contribution >= 4 is 21.0 Å². The van der Waals surface area contributed by atoms with Crippen molar-refractivity contribution in [2.24, 2.45) is 4.52 Å². The van der Waals surface area contributed by atoms with Crippen LogP contribution in [0.15, 0.2) is 4.52 Å². The van der Waals surface area contributed by atoms with Gasteiger partial charge < -0.3 is 0 Å². The van der Waals surface area contributed by atoms with Crippen molar-refractivity contribution in [2.45, 2.75) is 0 Å². The summed E-state index contributed by atoms with van der Waals surface area (Å²) in [6.45, 7) is 8.67. The molecule has 1 nitrogen and oxygen atoms in total. The third-order valence-electron chi connectivity index (χ3n) is 0.471. The predicted molar refractivity (Wildman–Crippen MR) is 48.5 cm³/mol. The molecule has 0 aromatic rings. The van der Waals surface area contributed by atoms with E-state index in [9.17, 15) is 0 Å². The molecule has 0 spiro atoms. The standard InChI is InChI=1S/C5H15NP2/c1-7(2)6-8(3,4)5/h7H,3H2,1-2,4-5H3. The van der Waals surface area contributed by atoms with E-state index in [2.05, 4.69) is 37.5 Å². The van der Waals surface area contributed by atoms with Gasteiger partial charge >= 0.3 is 0 Å². The maximum atomic E-state index is 4.51. The Morgan fingerprint density at radius 2 is 1.75 bits per heavy atom. The van der Waals surface area contributed by atoms with Crippen molar-refractivity contribution in [1.82, 2.24) is 0 Å². The Hall–Kier alpha value is 0.530. The lowest BCUT2D eigenvalue weighted by Gasteiger charge is -2.05. The van der Waals surface area contributed by atoms with E-state index in [-0.39, 0.29) is 7.71 Å². The number of nitrogens with zero attached hydrogens (tertiary/aromatic N) is 1. The fourth-order valence-corrected chi connectivity index (χ4v) is 4.87. The molecular formula is C5H15NP2. The first-order valence-corrected chi connectivity index (χ1v) is 7.90. The van der Waals surface area contributed by atoms with Crippen LogP contribution in [-0.4, -0.2) is 33.0 Å². The molecule has 0 unspecified atom stereocenters. The Kier molecular flexibility index (Phi) is 3.09. The van der Waals surface area contributed by atoms with Gasteiger partial charge in [0.1, 0.15) is 0 Å². The van der Waals surface area contributed by atoms with Crippen LogP contribution < -0.4 is 0 Å². The van der Waals surface area contributed by atoms with Crippen molar-refractivity contribution in [1.29, 1.82) is 0 Å². The Morgan fingerprint density at radius 1 is 1.38 bits per heavy atom. The Bertz CT molecular complexity index is 139. The second kappa shape index (κ2) is 2.90. The topological polar surface area (TPSA) is 12.4 Å². The molecule has 0 radical (unpaired) electrons. The summed E-state index contributed by atoms with van der Waals surface area (Å²) in [5.74, 6) is 0. The second-order valence-corrected chi connectivity index (χ2v) is 8.60. The zero-order valence-electron chi connectivity index (χ0n) is 6.10. The van der Waals surface area contributed by atoms with Crippen LogP contribution in [0.4, 0.5) is 0 Å². The van der Waals surface area contributed by atoms with Crippen LogP contribution >= 0.6 is 14.8 Å². The van der Waals surface area contributed by atoms with Gasteiger partial charge in [0.05, 0.1) is 0 Å². The maximum absolute atomic E-state index is 4.51. The highest BCUT2D eigenvalue weighted by Crippen LogP contribution is 2.43. The van der Waals surface area contributed by atoms with Gasteiger partial charge in [-0.15, -0.1) is 0 Å². The molecule has 50 valence electrons. The molecule has 0 fully saturated rings. The molecular weight excluding hydrogens is 136 g/mol. The van der Waals surface area contributed by atoms with E-state index in [4.69, 9.17) is 0 Å². The highest BCUT2D eigenvalue weighted by atomic mass is 31.2. The molecule has 0 aliphatic carbocycles. The second-order valence-electron chi connectivity index (χ2n) is 2.67. The monoisotopic (exact) mass is 151 g/mol. The van der Waals surface area contributed by atoms with Gasteiger partial charge in [0.2, 0.25) is 0 Å². The molecule has 0 aliphatic rings. The third kappa shape index (κ3) is 6.53. The van der Waals surface area contributed by atoms with Gasteiger partial charge in [0.15, 0.2) is 0 Å². The van der Waals surface area contributed by atoms with Crippen LogP contribution in [0.2, 0.25) is 0 Å². The first-order chi connectivity index (χ1) is 3.42. The molecule has 8 heavy (non-hydrogen) atoms. The average Bonchev–Trinajstić information content (AvgIpc) is 1.21. The predicted octanol–water partition coefficient (Wildman–Crippen LogP) is 2.27. The molecule has 3 heteroatoms. The lowest BCUT2D eigenvalue weighted by atomic mass is 11.9. The fraction of sp³-hybridized carbons (Fsp3) is 0.800. The third-order valence-corrected chi connectivity index (χ3v) is 4.24. The smallest absolute Gasteiger partial charge is 0.0159 e. The Balaban J connectivity index is 4.11. The quantitative estimate of drug-likeness (QED) is 0.510. The SMILES string of the molecule is C=P(C)(C)N=[PH](C)C. The molecule has 0 saturated carbocycles. The van der Waals surface area contributed by atoms with Gasteiger partial charge in [-0.05, 0) is 41.4 Å². The van der Waals surface area contributed by atoms with Gasteiger partial charge in [-0.1, -0.05) is 6.30 Å². The summed E-state index contributed by atoms with van der Waals surface area (Å²) in [6.07, 6.45) is 3.98. The van der Waals surface area contributed by atoms with Gasteiger partial charge in [-0.3, -0.25) is 4.52 Å². The maximum Gasteiger partial charge on any atom is -0.0159 e. The van der Waals surface area contributed by atoms with Crippen LogP contribution in [0, 0.1) is 0 Å². The van der Waals surface area contributed by atoms with E-state index >= 15 is 0 Å². The van der Waals surface area contributed by atoms with E-state index in [0.29, 0.717) is 0 Å². The van der Waals surface area contributed by atoms with Crippen molar-refractivity contribution < 1.29 is 0 Å². The largest absolute Gasteiger partial charge is 0.286 e. The zero-order chi connectivity index (χ0) is 6.78. The average molecular weight is 151 g/mol. The normalized spacial score (nSPS) is 12.1. The summed E-state index contributed by atoms with van der Waals surface area (Å²) in [4.78, 5) is 0. The molecule has 0 atom stereocenters. The number of hydrogen-bond donors (Lipinski definition) is 0. The Labute approximate surface area is 53.0 Å². The van der Waals surface area contributed by atoms with E-state index in [0.717, 1.165) is 0 Å². The minimum atomic E-state index is -1.05. The highest BCUT2D eigenvalue weighted by molar-refractivity contribution is 7.75. The summed E-state index contributed by atoms with van der Waals surface area (Å²) in [7, 11) is -1.43. The van der Waals surface area contributed by atoms with Crippen molar-refractivity contribution in [3.05, 3.63) is 0 Å². The molecule has 0 N–H and O–H groups in total. The molecule has 0 aromatic carbocycles. The van der Waals surface area contributed by atoms with Crippen LogP contribution in [0.25, 0.3) is 0 Å². The summed E-state index contributed by atoms with van der Waals surface area (Å²) in [6, 6.07) is 0. The van der Waals surface area contributed by atoms with Crippen LogP contribution in [0.1, 0.15) is 0 Å². The van der Waals surface area contributed by atoms with E-state index in [1.807, 2.05) is 0 Å². The lowest BCUT2D eigenvalue weighted by molar-refractivity contribution is 1.87. The van der Waals surface area contributed by atoms with Crippen molar-refractivity contribution in [2.75, 3.05) is 26.7 Å². The van der Waals surface area contributed by atoms with Gasteiger partial charge in [0.25, 0.3) is 0 Å². The first kappa shape index (κ1) is 8.53. The highest BCUT2D eigenvalue weighted by Gasteiger charge is 1.90. The van der Waals surface area contributed by atoms with Crippen molar-refractivity contribution in [3.8, 4) is 0 Å². The lowest BCUT2D eigenvalue weighted by Crippen LogP contribution is -1.63. The molecule has 0 rings (SSSR count). The van der Waals surface area contributed by atoms with Crippen LogP contribution in [-0.2, 0) is 0 Å². The van der Waals surface area contributed by atoms with Gasteiger partial charge in [0, 0.05) is 0 Å². The minimum absolute atomic E-state index is 0.380. The zero-order valence-corrected chi connectivity index (χ0v) is 8.00. The van der Waals surface area contributed by atoms with Crippen LogP contribution in [0.3, 0.4) is 0 Å². The Morgan fingerprint density at radius 3 is 1.75 bits per heavy atom. The molecule has 0 bridgehead atoms. The number of hydrogen-bond acceptors (Lipinski definition) is 1. The summed E-state index contributed by atoms with van der Waals surface area (Å²) >= 11 is 0. The van der Waals surface area contributed by atoms with E-state index in [1.165, 1.54) is 0 Å². The molecule has 0 aliphatic heterocycles. The number of rotatable bonds is 1. The summed E-state index contributed by atoms with van der Waals surface area (Å²) in [5.41, 5.74) is 0. The molecule has 0 saturated heterocycles.